The molecule has 2 N–H and O–H groups in total. The summed E-state index contributed by atoms with van der Waals surface area (Å²) >= 11 is 0. The van der Waals surface area contributed by atoms with Crippen molar-refractivity contribution < 1.29 is 9.26 Å². The number of hydrogen-bond donors (Lipinski definition) is 1. The molecule has 1 aliphatic heterocycles. The lowest BCUT2D eigenvalue weighted by molar-refractivity contribution is -0.0334. The van der Waals surface area contributed by atoms with Gasteiger partial charge in [0.15, 0.2) is 0 Å². The number of hydrogen-bond acceptors (Lipinski definition) is 6. The van der Waals surface area contributed by atoms with E-state index < -0.39 is 0 Å². The first-order chi connectivity index (χ1) is 9.76. The van der Waals surface area contributed by atoms with E-state index in [1.807, 2.05) is 24.3 Å². The van der Waals surface area contributed by atoms with Gasteiger partial charge in [-0.3, -0.25) is 4.90 Å². The zero-order valence-electron chi connectivity index (χ0n) is 11.5. The molecule has 106 valence electrons. The molecule has 0 bridgehead atoms. The molecule has 1 unspecified atom stereocenters. The van der Waals surface area contributed by atoms with Gasteiger partial charge in [-0.2, -0.15) is 4.98 Å². The highest BCUT2D eigenvalue weighted by molar-refractivity contribution is 5.59. The van der Waals surface area contributed by atoms with Crippen molar-refractivity contribution in [3.05, 3.63) is 30.1 Å². The van der Waals surface area contributed by atoms with Gasteiger partial charge in [0.25, 0.3) is 5.89 Å². The molecule has 6 heteroatoms. The average Bonchev–Trinajstić information content (AvgIpc) is 2.97. The molecule has 0 aliphatic carbocycles. The van der Waals surface area contributed by atoms with Crippen LogP contribution in [-0.2, 0) is 4.74 Å². The molecule has 6 nitrogen and oxygen atoms in total. The van der Waals surface area contributed by atoms with E-state index in [4.69, 9.17) is 15.0 Å². The van der Waals surface area contributed by atoms with Gasteiger partial charge in [0, 0.05) is 24.3 Å². The van der Waals surface area contributed by atoms with Gasteiger partial charge in [-0.1, -0.05) is 18.1 Å². The van der Waals surface area contributed by atoms with E-state index in [1.165, 1.54) is 0 Å². The number of nitrogen functional groups attached to an aromatic ring is 1. The van der Waals surface area contributed by atoms with Gasteiger partial charge in [0.05, 0.1) is 6.61 Å². The number of aromatic nitrogens is 2. The fraction of sp³-hybridized carbons (Fsp3) is 0.429. The molecule has 2 aromatic rings. The number of nitrogens with zero attached hydrogens (tertiary/aromatic N) is 3. The maximum atomic E-state index is 5.76. The van der Waals surface area contributed by atoms with Crippen molar-refractivity contribution >= 4 is 5.69 Å². The van der Waals surface area contributed by atoms with E-state index in [-0.39, 0.29) is 6.10 Å². The third-order valence-corrected chi connectivity index (χ3v) is 3.46. The molecule has 20 heavy (non-hydrogen) atoms. The second-order valence-corrected chi connectivity index (χ2v) is 4.84. The van der Waals surface area contributed by atoms with Gasteiger partial charge in [0.1, 0.15) is 6.10 Å². The Morgan fingerprint density at radius 3 is 3.15 bits per heavy atom. The fourth-order valence-electron chi connectivity index (χ4n) is 2.30. The van der Waals surface area contributed by atoms with E-state index >= 15 is 0 Å². The summed E-state index contributed by atoms with van der Waals surface area (Å²) in [4.78, 5) is 6.74. The minimum absolute atomic E-state index is 0.123. The highest BCUT2D eigenvalue weighted by Crippen LogP contribution is 2.24. The van der Waals surface area contributed by atoms with Crippen LogP contribution in [0.2, 0.25) is 0 Å². The summed E-state index contributed by atoms with van der Waals surface area (Å²) < 4.78 is 11.0. The summed E-state index contributed by atoms with van der Waals surface area (Å²) in [6.07, 6.45) is -0.123. The van der Waals surface area contributed by atoms with Crippen molar-refractivity contribution in [2.24, 2.45) is 0 Å². The van der Waals surface area contributed by atoms with Crippen LogP contribution in [0.4, 0.5) is 5.69 Å². The Hall–Kier alpha value is -1.92. The van der Waals surface area contributed by atoms with E-state index in [9.17, 15) is 0 Å². The molecular formula is C14H18N4O2. The minimum Gasteiger partial charge on any atom is -0.399 e. The Bertz CT molecular complexity index is 584. The largest absolute Gasteiger partial charge is 0.399 e. The first kappa shape index (κ1) is 13.1. The highest BCUT2D eigenvalue weighted by Gasteiger charge is 2.25. The van der Waals surface area contributed by atoms with Gasteiger partial charge in [-0.25, -0.2) is 0 Å². The van der Waals surface area contributed by atoms with Crippen molar-refractivity contribution in [2.75, 3.05) is 32.0 Å². The predicted molar refractivity (Wildman–Crippen MR) is 75.0 cm³/mol. The van der Waals surface area contributed by atoms with Gasteiger partial charge in [-0.05, 0) is 24.7 Å². The van der Waals surface area contributed by atoms with E-state index in [1.54, 1.807) is 0 Å². The van der Waals surface area contributed by atoms with Gasteiger partial charge >= 0.3 is 0 Å². The van der Waals surface area contributed by atoms with Crippen LogP contribution >= 0.6 is 0 Å². The molecule has 0 spiro atoms. The summed E-state index contributed by atoms with van der Waals surface area (Å²) in [5.74, 6) is 1.07. The Labute approximate surface area is 117 Å². The van der Waals surface area contributed by atoms with Crippen LogP contribution in [0.5, 0.6) is 0 Å². The molecule has 1 aliphatic rings. The molecule has 2 heterocycles. The van der Waals surface area contributed by atoms with E-state index in [2.05, 4.69) is 22.0 Å². The number of rotatable bonds is 3. The van der Waals surface area contributed by atoms with Crippen LogP contribution in [-0.4, -0.2) is 41.3 Å². The van der Waals surface area contributed by atoms with Crippen LogP contribution in [0.3, 0.4) is 0 Å². The smallest absolute Gasteiger partial charge is 0.258 e. The zero-order chi connectivity index (χ0) is 13.9. The Kier molecular flexibility index (Phi) is 3.66. The lowest BCUT2D eigenvalue weighted by Gasteiger charge is -2.30. The Balaban J connectivity index is 1.80. The van der Waals surface area contributed by atoms with Crippen molar-refractivity contribution in [3.8, 4) is 11.5 Å². The number of morpholine rings is 1. The lowest BCUT2D eigenvalue weighted by atomic mass is 10.2. The van der Waals surface area contributed by atoms with Crippen molar-refractivity contribution in [1.82, 2.24) is 15.0 Å². The third-order valence-electron chi connectivity index (χ3n) is 3.46. The standard InChI is InChI=1S/C14H18N4O2/c1-2-18-6-7-19-12(9-18)13-16-14(20-17-13)10-4-3-5-11(15)8-10/h3-5,8,12H,2,6-7,9,15H2,1H3. The topological polar surface area (TPSA) is 77.4 Å². The SMILES string of the molecule is CCN1CCOC(c2noc(-c3cccc(N)c3)n2)C1. The van der Waals surface area contributed by atoms with Crippen molar-refractivity contribution in [3.63, 3.8) is 0 Å². The quantitative estimate of drug-likeness (QED) is 0.859. The van der Waals surface area contributed by atoms with Gasteiger partial charge in [0.2, 0.25) is 5.82 Å². The second kappa shape index (κ2) is 5.60. The first-order valence-corrected chi connectivity index (χ1v) is 6.79. The van der Waals surface area contributed by atoms with Crippen LogP contribution in [0.15, 0.2) is 28.8 Å². The van der Waals surface area contributed by atoms with E-state index in [0.717, 1.165) is 25.2 Å². The average molecular weight is 274 g/mol. The summed E-state index contributed by atoms with van der Waals surface area (Å²) in [7, 11) is 0. The predicted octanol–water partition coefficient (Wildman–Crippen LogP) is 1.71. The number of ether oxygens (including phenoxy) is 1. The van der Waals surface area contributed by atoms with Crippen LogP contribution in [0.25, 0.3) is 11.5 Å². The van der Waals surface area contributed by atoms with Gasteiger partial charge in [-0.15, -0.1) is 0 Å². The molecule has 1 aromatic heterocycles. The van der Waals surface area contributed by atoms with Crippen molar-refractivity contribution in [2.45, 2.75) is 13.0 Å². The molecular weight excluding hydrogens is 256 g/mol. The zero-order valence-corrected chi connectivity index (χ0v) is 11.5. The number of anilines is 1. The number of likely N-dealkylation sites (N-methyl/N-ethyl adjacent to an activating group) is 1. The highest BCUT2D eigenvalue weighted by atomic mass is 16.5. The van der Waals surface area contributed by atoms with Crippen LogP contribution in [0, 0.1) is 0 Å². The molecule has 0 saturated carbocycles. The molecule has 0 amide bonds. The summed E-state index contributed by atoms with van der Waals surface area (Å²) in [5, 5.41) is 4.04. The molecule has 1 saturated heterocycles. The monoisotopic (exact) mass is 274 g/mol. The Morgan fingerprint density at radius 2 is 2.35 bits per heavy atom. The number of benzene rings is 1. The normalized spacial score (nSPS) is 20.1. The van der Waals surface area contributed by atoms with Crippen molar-refractivity contribution in [1.29, 1.82) is 0 Å². The maximum absolute atomic E-state index is 5.76. The van der Waals surface area contributed by atoms with Gasteiger partial charge < -0.3 is 15.0 Å². The van der Waals surface area contributed by atoms with Crippen LogP contribution < -0.4 is 5.73 Å². The first-order valence-electron chi connectivity index (χ1n) is 6.79. The summed E-state index contributed by atoms with van der Waals surface area (Å²) in [5.41, 5.74) is 7.26. The fourth-order valence-corrected chi connectivity index (χ4v) is 2.30. The molecule has 1 fully saturated rings. The Morgan fingerprint density at radius 1 is 1.45 bits per heavy atom. The molecule has 1 aromatic carbocycles. The summed E-state index contributed by atoms with van der Waals surface area (Å²) in [6.45, 7) is 5.58. The molecule has 0 radical (unpaired) electrons. The lowest BCUT2D eigenvalue weighted by Crippen LogP contribution is -2.38. The maximum Gasteiger partial charge on any atom is 0.258 e. The van der Waals surface area contributed by atoms with E-state index in [0.29, 0.717) is 24.0 Å². The van der Waals surface area contributed by atoms with Crippen LogP contribution in [0.1, 0.15) is 18.9 Å². The molecule has 1 atom stereocenters. The third kappa shape index (κ3) is 2.66. The number of nitrogens with two attached hydrogens (primary N) is 1. The summed E-state index contributed by atoms with van der Waals surface area (Å²) in [6, 6.07) is 7.40. The molecule has 3 rings (SSSR count). The minimum atomic E-state index is -0.123. The second-order valence-electron chi connectivity index (χ2n) is 4.84.